The van der Waals surface area contributed by atoms with Crippen molar-refractivity contribution in [3.8, 4) is 0 Å². The van der Waals surface area contributed by atoms with Gasteiger partial charge >= 0.3 is 0 Å². The fraction of sp³-hybridized carbons (Fsp3) is 0.500. The number of morpholine rings is 1. The minimum absolute atomic E-state index is 0.0673. The molecule has 1 atom stereocenters. The lowest BCUT2D eigenvalue weighted by atomic mass is 10.1. The lowest BCUT2D eigenvalue weighted by Gasteiger charge is -2.34. The Hall–Kier alpha value is -1.26. The molecule has 0 spiro atoms. The summed E-state index contributed by atoms with van der Waals surface area (Å²) in [5.41, 5.74) is 8.94. The van der Waals surface area contributed by atoms with Crippen LogP contribution in [0.1, 0.15) is 5.56 Å². The van der Waals surface area contributed by atoms with Crippen LogP contribution in [-0.4, -0.2) is 37.5 Å². The molecule has 4 nitrogen and oxygen atoms in total. The summed E-state index contributed by atoms with van der Waals surface area (Å²) in [6, 6.07) is 5.93. The number of aliphatic hydroxyl groups is 1. The zero-order valence-corrected chi connectivity index (χ0v) is 9.52. The van der Waals surface area contributed by atoms with Crippen LogP contribution in [0.4, 0.5) is 11.4 Å². The number of rotatable bonds is 2. The van der Waals surface area contributed by atoms with Crippen molar-refractivity contribution in [3.05, 3.63) is 23.8 Å². The smallest absolute Gasteiger partial charge is 0.0980 e. The lowest BCUT2D eigenvalue weighted by Crippen LogP contribution is -2.44. The van der Waals surface area contributed by atoms with E-state index in [1.807, 2.05) is 19.1 Å². The van der Waals surface area contributed by atoms with Gasteiger partial charge in [-0.3, -0.25) is 0 Å². The van der Waals surface area contributed by atoms with Gasteiger partial charge in [0.25, 0.3) is 0 Å². The van der Waals surface area contributed by atoms with Crippen molar-refractivity contribution in [1.29, 1.82) is 0 Å². The molecular formula is C12H18N2O2. The molecule has 16 heavy (non-hydrogen) atoms. The molecule has 1 saturated heterocycles. The van der Waals surface area contributed by atoms with Crippen molar-refractivity contribution in [3.63, 3.8) is 0 Å². The molecule has 1 aromatic carbocycles. The molecule has 0 saturated carbocycles. The normalized spacial score (nSPS) is 21.1. The van der Waals surface area contributed by atoms with E-state index in [4.69, 9.17) is 15.6 Å². The average Bonchev–Trinajstić information content (AvgIpc) is 2.33. The molecule has 0 aromatic heterocycles. The summed E-state index contributed by atoms with van der Waals surface area (Å²) in [4.78, 5) is 2.22. The maximum absolute atomic E-state index is 9.10. The first-order chi connectivity index (χ1) is 7.72. The summed E-state index contributed by atoms with van der Waals surface area (Å²) in [6.07, 6.45) is -0.0884. The third kappa shape index (κ3) is 2.13. The van der Waals surface area contributed by atoms with Gasteiger partial charge in [0.15, 0.2) is 0 Å². The molecule has 1 aliphatic heterocycles. The van der Waals surface area contributed by atoms with Crippen LogP contribution < -0.4 is 10.6 Å². The minimum atomic E-state index is -0.0884. The van der Waals surface area contributed by atoms with Gasteiger partial charge in [-0.05, 0) is 24.6 Å². The van der Waals surface area contributed by atoms with Crippen LogP contribution in [0.5, 0.6) is 0 Å². The lowest BCUT2D eigenvalue weighted by molar-refractivity contribution is 0.00354. The summed E-state index contributed by atoms with van der Waals surface area (Å²) in [6.45, 7) is 4.31. The fourth-order valence-electron chi connectivity index (χ4n) is 2.03. The van der Waals surface area contributed by atoms with Gasteiger partial charge in [-0.25, -0.2) is 0 Å². The predicted molar refractivity (Wildman–Crippen MR) is 64.6 cm³/mol. The summed E-state index contributed by atoms with van der Waals surface area (Å²) in [5.74, 6) is 0. The summed E-state index contributed by atoms with van der Waals surface area (Å²) >= 11 is 0. The van der Waals surface area contributed by atoms with E-state index in [0.717, 1.165) is 30.0 Å². The van der Waals surface area contributed by atoms with Crippen molar-refractivity contribution in [1.82, 2.24) is 0 Å². The number of nitrogens with two attached hydrogens (primary N) is 1. The third-order valence-electron chi connectivity index (χ3n) is 3.03. The van der Waals surface area contributed by atoms with E-state index in [0.29, 0.717) is 6.61 Å². The van der Waals surface area contributed by atoms with E-state index in [9.17, 15) is 0 Å². The van der Waals surface area contributed by atoms with Gasteiger partial charge in [0.1, 0.15) is 0 Å². The van der Waals surface area contributed by atoms with Crippen LogP contribution in [-0.2, 0) is 4.74 Å². The molecule has 1 fully saturated rings. The van der Waals surface area contributed by atoms with Crippen LogP contribution in [0, 0.1) is 6.92 Å². The topological polar surface area (TPSA) is 58.7 Å². The number of nitrogens with zero attached hydrogens (tertiary/aromatic N) is 1. The summed E-state index contributed by atoms with van der Waals surface area (Å²) in [5, 5.41) is 9.10. The van der Waals surface area contributed by atoms with Crippen LogP contribution in [0.3, 0.4) is 0 Å². The van der Waals surface area contributed by atoms with Gasteiger partial charge in [0.2, 0.25) is 0 Å². The highest BCUT2D eigenvalue weighted by atomic mass is 16.5. The standard InChI is InChI=1S/C12H18N2O2/c1-9-11(13)3-2-4-12(9)14-5-6-16-10(7-14)8-15/h2-4,10,15H,5-8,13H2,1H3. The van der Waals surface area contributed by atoms with E-state index in [-0.39, 0.29) is 12.7 Å². The highest BCUT2D eigenvalue weighted by Gasteiger charge is 2.21. The monoisotopic (exact) mass is 222 g/mol. The van der Waals surface area contributed by atoms with Gasteiger partial charge < -0.3 is 20.5 Å². The zero-order chi connectivity index (χ0) is 11.5. The Labute approximate surface area is 95.6 Å². The number of ether oxygens (including phenoxy) is 1. The molecule has 4 heteroatoms. The van der Waals surface area contributed by atoms with E-state index in [1.165, 1.54) is 0 Å². The van der Waals surface area contributed by atoms with Crippen molar-refractivity contribution in [2.24, 2.45) is 0 Å². The highest BCUT2D eigenvalue weighted by Crippen LogP contribution is 2.26. The number of hydrogen-bond acceptors (Lipinski definition) is 4. The Morgan fingerprint density at radius 2 is 2.38 bits per heavy atom. The predicted octanol–water partition coefficient (Wildman–Crippen LogP) is 0.775. The highest BCUT2D eigenvalue weighted by molar-refractivity contribution is 5.64. The van der Waals surface area contributed by atoms with Crippen molar-refractivity contribution in [2.45, 2.75) is 13.0 Å². The zero-order valence-electron chi connectivity index (χ0n) is 9.52. The quantitative estimate of drug-likeness (QED) is 0.726. The Balaban J connectivity index is 2.20. The minimum Gasteiger partial charge on any atom is -0.398 e. The van der Waals surface area contributed by atoms with E-state index in [1.54, 1.807) is 0 Å². The first kappa shape index (κ1) is 11.2. The number of nitrogen functional groups attached to an aromatic ring is 1. The number of benzene rings is 1. The molecule has 0 amide bonds. The summed E-state index contributed by atoms with van der Waals surface area (Å²) < 4.78 is 5.43. The first-order valence-electron chi connectivity index (χ1n) is 5.55. The second-order valence-corrected chi connectivity index (χ2v) is 4.11. The molecule has 0 bridgehead atoms. The van der Waals surface area contributed by atoms with Gasteiger partial charge in [-0.15, -0.1) is 0 Å². The van der Waals surface area contributed by atoms with Crippen LogP contribution >= 0.6 is 0 Å². The fourth-order valence-corrected chi connectivity index (χ4v) is 2.03. The van der Waals surface area contributed by atoms with Crippen LogP contribution in [0.2, 0.25) is 0 Å². The maximum atomic E-state index is 9.10. The van der Waals surface area contributed by atoms with Gasteiger partial charge in [-0.2, -0.15) is 0 Å². The van der Waals surface area contributed by atoms with Gasteiger partial charge in [-0.1, -0.05) is 6.07 Å². The maximum Gasteiger partial charge on any atom is 0.0980 e. The van der Waals surface area contributed by atoms with E-state index < -0.39 is 0 Å². The first-order valence-corrected chi connectivity index (χ1v) is 5.55. The van der Waals surface area contributed by atoms with Gasteiger partial charge in [0, 0.05) is 24.5 Å². The van der Waals surface area contributed by atoms with E-state index in [2.05, 4.69) is 11.0 Å². The molecule has 0 radical (unpaired) electrons. The number of anilines is 2. The molecular weight excluding hydrogens is 204 g/mol. The second kappa shape index (κ2) is 4.72. The molecule has 88 valence electrons. The Bertz CT molecular complexity index is 368. The van der Waals surface area contributed by atoms with Crippen molar-refractivity contribution in [2.75, 3.05) is 36.9 Å². The Kier molecular flexibility index (Phi) is 3.31. The van der Waals surface area contributed by atoms with Crippen molar-refractivity contribution >= 4 is 11.4 Å². The Morgan fingerprint density at radius 1 is 1.56 bits per heavy atom. The summed E-state index contributed by atoms with van der Waals surface area (Å²) in [7, 11) is 0. The van der Waals surface area contributed by atoms with Crippen molar-refractivity contribution < 1.29 is 9.84 Å². The van der Waals surface area contributed by atoms with E-state index >= 15 is 0 Å². The van der Waals surface area contributed by atoms with Crippen LogP contribution in [0.15, 0.2) is 18.2 Å². The number of aliphatic hydroxyl groups excluding tert-OH is 1. The largest absolute Gasteiger partial charge is 0.398 e. The molecule has 2 rings (SSSR count). The number of hydrogen-bond donors (Lipinski definition) is 2. The molecule has 0 aliphatic carbocycles. The average molecular weight is 222 g/mol. The Morgan fingerprint density at radius 3 is 3.12 bits per heavy atom. The third-order valence-corrected chi connectivity index (χ3v) is 3.03. The second-order valence-electron chi connectivity index (χ2n) is 4.11. The molecule has 3 N–H and O–H groups in total. The molecule has 1 aromatic rings. The SMILES string of the molecule is Cc1c(N)cccc1N1CCOC(CO)C1. The van der Waals surface area contributed by atoms with Crippen LogP contribution in [0.25, 0.3) is 0 Å². The van der Waals surface area contributed by atoms with Gasteiger partial charge in [0.05, 0.1) is 19.3 Å². The molecule has 1 aliphatic rings. The molecule has 1 heterocycles. The molecule has 1 unspecified atom stereocenters.